The third-order valence-electron chi connectivity index (χ3n) is 6.29. The molecule has 1 aromatic rings. The van der Waals surface area contributed by atoms with Crippen molar-refractivity contribution in [2.45, 2.75) is 57.8 Å². The quantitative estimate of drug-likeness (QED) is 0.779. The Balaban J connectivity index is 1.34. The molecule has 0 bridgehead atoms. The van der Waals surface area contributed by atoms with Gasteiger partial charge >= 0.3 is 0 Å². The van der Waals surface area contributed by atoms with Crippen LogP contribution in [-0.2, 0) is 16.0 Å². The summed E-state index contributed by atoms with van der Waals surface area (Å²) in [5.41, 5.74) is 1.32. The van der Waals surface area contributed by atoms with Crippen molar-refractivity contribution >= 4 is 11.8 Å². The first kappa shape index (κ1) is 20.7. The van der Waals surface area contributed by atoms with Gasteiger partial charge in [0.1, 0.15) is 5.75 Å². The molecule has 0 atom stereocenters. The van der Waals surface area contributed by atoms with Crippen LogP contribution in [0.1, 0.15) is 56.9 Å². The van der Waals surface area contributed by atoms with E-state index in [0.717, 1.165) is 50.9 Å². The number of likely N-dealkylation sites (tertiary alicyclic amines) is 1. The average Bonchev–Trinajstić information content (AvgIpc) is 2.74. The van der Waals surface area contributed by atoms with Gasteiger partial charge < -0.3 is 15.0 Å². The van der Waals surface area contributed by atoms with Crippen LogP contribution < -0.4 is 10.1 Å². The van der Waals surface area contributed by atoms with Crippen molar-refractivity contribution in [2.24, 2.45) is 11.8 Å². The Hall–Kier alpha value is -2.04. The average molecular weight is 387 g/mol. The fraction of sp³-hybridized carbons (Fsp3) is 0.652. The third-order valence-corrected chi connectivity index (χ3v) is 6.29. The van der Waals surface area contributed by atoms with Gasteiger partial charge in [0.25, 0.3) is 0 Å². The first-order valence-corrected chi connectivity index (χ1v) is 10.8. The highest BCUT2D eigenvalue weighted by Gasteiger charge is 2.23. The molecule has 1 aromatic carbocycles. The smallest absolute Gasteiger partial charge is 0.241 e. The van der Waals surface area contributed by atoms with Crippen LogP contribution >= 0.6 is 0 Å². The van der Waals surface area contributed by atoms with Crippen LogP contribution in [-0.4, -0.2) is 43.5 Å². The van der Waals surface area contributed by atoms with Crippen LogP contribution in [0.3, 0.4) is 0 Å². The van der Waals surface area contributed by atoms with Crippen molar-refractivity contribution < 1.29 is 14.3 Å². The highest BCUT2D eigenvalue weighted by Crippen LogP contribution is 2.26. The standard InChI is InChI=1S/C23H34N2O3/c1-28-21-9-7-19(8-10-21)15-20-11-13-25(14-12-20)23(27)17-24-22(26)16-18-5-3-2-4-6-18/h7-10,18,20H,2-6,11-17H2,1H3,(H,24,26). The molecule has 1 saturated carbocycles. The van der Waals surface area contributed by atoms with Crippen LogP contribution in [0.4, 0.5) is 0 Å². The van der Waals surface area contributed by atoms with Gasteiger partial charge in [0, 0.05) is 19.5 Å². The van der Waals surface area contributed by atoms with E-state index in [0.29, 0.717) is 18.3 Å². The first-order chi connectivity index (χ1) is 13.6. The van der Waals surface area contributed by atoms with E-state index in [-0.39, 0.29) is 18.4 Å². The molecule has 1 aliphatic carbocycles. The molecule has 2 fully saturated rings. The minimum absolute atomic E-state index is 0.0367. The molecule has 28 heavy (non-hydrogen) atoms. The van der Waals surface area contributed by atoms with Gasteiger partial charge in [-0.15, -0.1) is 0 Å². The van der Waals surface area contributed by atoms with Crippen molar-refractivity contribution in [2.75, 3.05) is 26.7 Å². The van der Waals surface area contributed by atoms with E-state index in [2.05, 4.69) is 17.4 Å². The van der Waals surface area contributed by atoms with Gasteiger partial charge in [-0.2, -0.15) is 0 Å². The summed E-state index contributed by atoms with van der Waals surface area (Å²) in [4.78, 5) is 26.4. The molecule has 5 nitrogen and oxygen atoms in total. The van der Waals surface area contributed by atoms with E-state index in [1.165, 1.54) is 24.8 Å². The van der Waals surface area contributed by atoms with E-state index in [1.807, 2.05) is 17.0 Å². The molecule has 1 heterocycles. The highest BCUT2D eigenvalue weighted by atomic mass is 16.5. The molecular weight excluding hydrogens is 352 g/mol. The van der Waals surface area contributed by atoms with Crippen LogP contribution in [0.5, 0.6) is 5.75 Å². The molecule has 5 heteroatoms. The van der Waals surface area contributed by atoms with Gasteiger partial charge in [0.2, 0.25) is 11.8 Å². The predicted octanol–water partition coefficient (Wildman–Crippen LogP) is 3.56. The Labute approximate surface area is 168 Å². The lowest BCUT2D eigenvalue weighted by molar-refractivity contribution is -0.134. The summed E-state index contributed by atoms with van der Waals surface area (Å²) in [6.07, 6.45) is 9.75. The van der Waals surface area contributed by atoms with Gasteiger partial charge in [-0.1, -0.05) is 31.4 Å². The maximum atomic E-state index is 12.4. The number of nitrogens with zero attached hydrogens (tertiary/aromatic N) is 1. The summed E-state index contributed by atoms with van der Waals surface area (Å²) < 4.78 is 5.21. The second-order valence-corrected chi connectivity index (χ2v) is 8.36. The summed E-state index contributed by atoms with van der Waals surface area (Å²) in [5.74, 6) is 2.10. The summed E-state index contributed by atoms with van der Waals surface area (Å²) in [6.45, 7) is 1.73. The Morgan fingerprint density at radius 1 is 1.00 bits per heavy atom. The number of carbonyl (C=O) groups excluding carboxylic acids is 2. The third kappa shape index (κ3) is 6.25. The number of methoxy groups -OCH3 is 1. The van der Waals surface area contributed by atoms with Crippen molar-refractivity contribution in [3.8, 4) is 5.75 Å². The summed E-state index contributed by atoms with van der Waals surface area (Å²) in [7, 11) is 1.68. The molecular formula is C23H34N2O3. The molecule has 0 unspecified atom stereocenters. The summed E-state index contributed by atoms with van der Waals surface area (Å²) >= 11 is 0. The minimum atomic E-state index is 0.0367. The van der Waals surface area contributed by atoms with Crippen LogP contribution in [0.25, 0.3) is 0 Å². The zero-order valence-electron chi connectivity index (χ0n) is 17.1. The molecule has 0 radical (unpaired) electrons. The molecule has 154 valence electrons. The number of rotatable bonds is 7. The van der Waals surface area contributed by atoms with Crippen molar-refractivity contribution in [3.63, 3.8) is 0 Å². The molecule has 0 aromatic heterocycles. The Morgan fingerprint density at radius 2 is 1.68 bits per heavy atom. The largest absolute Gasteiger partial charge is 0.497 e. The molecule has 1 aliphatic heterocycles. The Morgan fingerprint density at radius 3 is 2.32 bits per heavy atom. The van der Waals surface area contributed by atoms with Gasteiger partial charge in [-0.05, 0) is 61.6 Å². The maximum Gasteiger partial charge on any atom is 0.241 e. The zero-order chi connectivity index (χ0) is 19.8. The predicted molar refractivity (Wildman–Crippen MR) is 110 cm³/mol. The number of piperidine rings is 1. The fourth-order valence-electron chi connectivity index (χ4n) is 4.49. The number of carbonyl (C=O) groups is 2. The minimum Gasteiger partial charge on any atom is -0.497 e. The molecule has 3 rings (SSSR count). The lowest BCUT2D eigenvalue weighted by Gasteiger charge is -2.32. The van der Waals surface area contributed by atoms with E-state index in [9.17, 15) is 9.59 Å². The highest BCUT2D eigenvalue weighted by molar-refractivity contribution is 5.84. The topological polar surface area (TPSA) is 58.6 Å². The number of benzene rings is 1. The summed E-state index contributed by atoms with van der Waals surface area (Å²) in [6, 6.07) is 8.25. The number of ether oxygens (including phenoxy) is 1. The van der Waals surface area contributed by atoms with Gasteiger partial charge in [-0.3, -0.25) is 9.59 Å². The lowest BCUT2D eigenvalue weighted by atomic mass is 9.87. The first-order valence-electron chi connectivity index (χ1n) is 10.8. The van der Waals surface area contributed by atoms with E-state index in [4.69, 9.17) is 4.74 Å². The molecule has 2 amide bonds. The Bertz CT molecular complexity index is 630. The van der Waals surface area contributed by atoms with Crippen LogP contribution in [0.2, 0.25) is 0 Å². The second kappa shape index (κ2) is 10.5. The zero-order valence-corrected chi connectivity index (χ0v) is 17.1. The Kier molecular flexibility index (Phi) is 7.75. The van der Waals surface area contributed by atoms with Crippen LogP contribution in [0.15, 0.2) is 24.3 Å². The van der Waals surface area contributed by atoms with E-state index < -0.39 is 0 Å². The van der Waals surface area contributed by atoms with Gasteiger partial charge in [0.05, 0.1) is 13.7 Å². The fourth-order valence-corrected chi connectivity index (χ4v) is 4.49. The lowest BCUT2D eigenvalue weighted by Crippen LogP contribution is -2.44. The van der Waals surface area contributed by atoms with Crippen molar-refractivity contribution in [1.82, 2.24) is 10.2 Å². The molecule has 1 saturated heterocycles. The maximum absolute atomic E-state index is 12.4. The normalized spacial score (nSPS) is 18.7. The molecule has 1 N–H and O–H groups in total. The number of hydrogen-bond acceptors (Lipinski definition) is 3. The second-order valence-electron chi connectivity index (χ2n) is 8.36. The van der Waals surface area contributed by atoms with Crippen LogP contribution in [0, 0.1) is 11.8 Å². The SMILES string of the molecule is COc1ccc(CC2CCN(C(=O)CNC(=O)CC3CCCCC3)CC2)cc1. The van der Waals surface area contributed by atoms with Gasteiger partial charge in [-0.25, -0.2) is 0 Å². The van der Waals surface area contributed by atoms with Gasteiger partial charge in [0.15, 0.2) is 0 Å². The molecule has 0 spiro atoms. The number of amides is 2. The van der Waals surface area contributed by atoms with E-state index >= 15 is 0 Å². The van der Waals surface area contributed by atoms with E-state index in [1.54, 1.807) is 7.11 Å². The van der Waals surface area contributed by atoms with Crippen molar-refractivity contribution in [1.29, 1.82) is 0 Å². The summed E-state index contributed by atoms with van der Waals surface area (Å²) in [5, 5.41) is 2.85. The number of hydrogen-bond donors (Lipinski definition) is 1. The number of nitrogens with one attached hydrogen (secondary N) is 1. The van der Waals surface area contributed by atoms with Crippen molar-refractivity contribution in [3.05, 3.63) is 29.8 Å². The molecule has 2 aliphatic rings. The monoisotopic (exact) mass is 386 g/mol.